The predicted octanol–water partition coefficient (Wildman–Crippen LogP) is 11.7. The first-order valence-corrected chi connectivity index (χ1v) is 15.4. The number of benzene rings is 6. The van der Waals surface area contributed by atoms with Crippen LogP contribution in [0.25, 0.3) is 43.4 Å². The van der Waals surface area contributed by atoms with Crippen molar-refractivity contribution in [1.29, 1.82) is 0 Å². The van der Waals surface area contributed by atoms with Crippen LogP contribution in [0.3, 0.4) is 0 Å². The zero-order valence-corrected chi connectivity index (χ0v) is 25.5. The summed E-state index contributed by atoms with van der Waals surface area (Å²) in [6.07, 6.45) is 1.12. The second-order valence-electron chi connectivity index (χ2n) is 11.6. The molecule has 0 bridgehead atoms. The Bertz CT molecular complexity index is 2270. The quantitative estimate of drug-likeness (QED) is 0.0972. The van der Waals surface area contributed by atoms with Gasteiger partial charge in [-0.1, -0.05) is 98.5 Å². The molecule has 6 aromatic carbocycles. The van der Waals surface area contributed by atoms with E-state index in [1.807, 2.05) is 6.07 Å². The van der Waals surface area contributed by atoms with E-state index in [2.05, 4.69) is 49.1 Å². The number of hydrogen-bond donors (Lipinski definition) is 0. The third-order valence-corrected chi connectivity index (χ3v) is 8.20. The van der Waals surface area contributed by atoms with Gasteiger partial charge in [0.05, 0.1) is 5.56 Å². The van der Waals surface area contributed by atoms with Crippen molar-refractivity contribution in [2.45, 2.75) is 45.2 Å². The number of fused-ring (bicyclic) bond motifs is 3. The van der Waals surface area contributed by atoms with Crippen LogP contribution in [0.1, 0.15) is 54.9 Å². The molecule has 0 amide bonds. The molecule has 0 saturated heterocycles. The van der Waals surface area contributed by atoms with Crippen molar-refractivity contribution in [2.75, 3.05) is 0 Å². The Balaban J connectivity index is 1.24. The Morgan fingerprint density at radius 3 is 2.00 bits per heavy atom. The van der Waals surface area contributed by atoms with Crippen molar-refractivity contribution in [2.24, 2.45) is 0 Å². The Morgan fingerprint density at radius 1 is 0.574 bits per heavy atom. The van der Waals surface area contributed by atoms with Crippen LogP contribution in [0.2, 0.25) is 0 Å². The Kier molecular flexibility index (Phi) is 8.97. The molecule has 234 valence electrons. The van der Waals surface area contributed by atoms with Gasteiger partial charge in [-0.25, -0.2) is 13.2 Å². The molecule has 0 heterocycles. The summed E-state index contributed by atoms with van der Waals surface area (Å²) >= 11 is 0. The van der Waals surface area contributed by atoms with Gasteiger partial charge in [-0.2, -0.15) is 13.2 Å². The van der Waals surface area contributed by atoms with E-state index < -0.39 is 29.2 Å². The van der Waals surface area contributed by atoms with Gasteiger partial charge in [-0.05, 0) is 81.9 Å². The maximum Gasteiger partial charge on any atom is 0.458 e. The molecule has 6 aromatic rings. The maximum absolute atomic E-state index is 15.7. The van der Waals surface area contributed by atoms with E-state index in [1.54, 1.807) is 30.3 Å². The largest absolute Gasteiger partial charge is 0.458 e. The van der Waals surface area contributed by atoms with E-state index >= 15 is 4.39 Å². The number of rotatable bonds is 6. The topological polar surface area (TPSA) is 0 Å². The summed E-state index contributed by atoms with van der Waals surface area (Å²) in [6.45, 7) is 2.21. The van der Waals surface area contributed by atoms with E-state index in [-0.39, 0.29) is 16.3 Å². The summed E-state index contributed by atoms with van der Waals surface area (Å²) < 4.78 is 82.6. The molecule has 0 aliphatic heterocycles. The minimum atomic E-state index is -4.90. The van der Waals surface area contributed by atoms with Crippen molar-refractivity contribution in [3.8, 4) is 34.8 Å². The van der Waals surface area contributed by atoms with Crippen LogP contribution in [-0.4, -0.2) is 6.18 Å². The van der Waals surface area contributed by atoms with Gasteiger partial charge in [0.15, 0.2) is 0 Å². The molecule has 0 saturated carbocycles. The number of unbranched alkanes of at least 4 members (excludes halogenated alkanes) is 3. The van der Waals surface area contributed by atoms with Crippen LogP contribution in [0, 0.1) is 41.1 Å². The van der Waals surface area contributed by atoms with Crippen molar-refractivity contribution in [1.82, 2.24) is 0 Å². The zero-order valence-electron chi connectivity index (χ0n) is 25.5. The van der Waals surface area contributed by atoms with Crippen molar-refractivity contribution >= 4 is 32.3 Å². The lowest BCUT2D eigenvalue weighted by Crippen LogP contribution is -2.02. The SMILES string of the molecule is CCCCCCc1ccc2cc(C#Cc3ccc4c(F)c(-c5ccc6c(F)c(C#CC(F)(F)F)c(F)cc6c5)ccc4c3)ccc2c1. The van der Waals surface area contributed by atoms with Crippen LogP contribution in [0.4, 0.5) is 26.3 Å². The highest BCUT2D eigenvalue weighted by atomic mass is 19.4. The molecule has 0 radical (unpaired) electrons. The first-order valence-electron chi connectivity index (χ1n) is 15.4. The van der Waals surface area contributed by atoms with E-state index in [1.165, 1.54) is 60.8 Å². The molecule has 0 aliphatic carbocycles. The molecule has 0 spiro atoms. The number of aryl methyl sites for hydroxylation is 1. The van der Waals surface area contributed by atoms with Crippen LogP contribution in [0.15, 0.2) is 91.0 Å². The average molecular weight is 635 g/mol. The second kappa shape index (κ2) is 13.3. The highest BCUT2D eigenvalue weighted by Crippen LogP contribution is 2.33. The predicted molar refractivity (Wildman–Crippen MR) is 177 cm³/mol. The van der Waals surface area contributed by atoms with E-state index in [0.29, 0.717) is 21.9 Å². The van der Waals surface area contributed by atoms with Gasteiger partial charge in [-0.3, -0.25) is 0 Å². The van der Waals surface area contributed by atoms with Gasteiger partial charge in [0, 0.05) is 33.4 Å². The van der Waals surface area contributed by atoms with Gasteiger partial charge < -0.3 is 0 Å². The van der Waals surface area contributed by atoms with Gasteiger partial charge in [0.1, 0.15) is 17.5 Å². The number of halogens is 6. The Morgan fingerprint density at radius 2 is 1.23 bits per heavy atom. The third-order valence-electron chi connectivity index (χ3n) is 8.20. The number of hydrogen-bond acceptors (Lipinski definition) is 0. The molecular formula is C41H28F6. The molecule has 47 heavy (non-hydrogen) atoms. The van der Waals surface area contributed by atoms with E-state index in [4.69, 9.17) is 0 Å². The van der Waals surface area contributed by atoms with Crippen LogP contribution in [-0.2, 0) is 6.42 Å². The van der Waals surface area contributed by atoms with Gasteiger partial charge in [0.2, 0.25) is 0 Å². The molecule has 0 atom stereocenters. The molecule has 0 aromatic heterocycles. The van der Waals surface area contributed by atoms with Crippen LogP contribution in [0.5, 0.6) is 0 Å². The lowest BCUT2D eigenvalue weighted by Gasteiger charge is -2.10. The van der Waals surface area contributed by atoms with Gasteiger partial charge in [0.25, 0.3) is 0 Å². The third kappa shape index (κ3) is 7.13. The first-order chi connectivity index (χ1) is 22.6. The van der Waals surface area contributed by atoms with Gasteiger partial charge >= 0.3 is 6.18 Å². The summed E-state index contributed by atoms with van der Waals surface area (Å²) in [4.78, 5) is 0. The standard InChI is InChI=1S/C41H28F6/c1-2-3-4-5-6-26-9-12-30-22-27(10-13-29(30)21-26)7-8-28-11-16-34-31(23-28)14-17-35(39(34)43)32-15-18-36-33(24-32)25-38(42)37(40(36)44)19-20-41(45,46)47/h9-18,21-25H,2-6H2,1H3. The minimum Gasteiger partial charge on any atom is -0.206 e. The molecule has 0 fully saturated rings. The summed E-state index contributed by atoms with van der Waals surface area (Å²) in [5, 5.41) is 3.23. The molecular weight excluding hydrogens is 606 g/mol. The lowest BCUT2D eigenvalue weighted by atomic mass is 9.96. The molecule has 0 aliphatic rings. The smallest absolute Gasteiger partial charge is 0.206 e. The number of alkyl halides is 3. The summed E-state index contributed by atoms with van der Waals surface area (Å²) in [5.41, 5.74) is 2.52. The minimum absolute atomic E-state index is 0.0664. The van der Waals surface area contributed by atoms with Crippen molar-refractivity contribution in [3.63, 3.8) is 0 Å². The fourth-order valence-electron chi connectivity index (χ4n) is 5.77. The molecule has 6 rings (SSSR count). The first kappa shape index (κ1) is 31.8. The molecule has 0 N–H and O–H groups in total. The van der Waals surface area contributed by atoms with Crippen molar-refractivity contribution in [3.05, 3.63) is 131 Å². The monoisotopic (exact) mass is 634 g/mol. The Labute approximate surface area is 269 Å². The molecule has 0 unspecified atom stereocenters. The van der Waals surface area contributed by atoms with E-state index in [9.17, 15) is 22.0 Å². The average Bonchev–Trinajstić information content (AvgIpc) is 3.05. The van der Waals surface area contributed by atoms with Gasteiger partial charge in [-0.15, -0.1) is 0 Å². The lowest BCUT2D eigenvalue weighted by molar-refractivity contribution is -0.0696. The zero-order chi connectivity index (χ0) is 33.1. The molecule has 6 heteroatoms. The van der Waals surface area contributed by atoms with Crippen LogP contribution < -0.4 is 0 Å². The molecule has 0 nitrogen and oxygen atoms in total. The summed E-state index contributed by atoms with van der Waals surface area (Å²) in [6, 6.07) is 26.2. The summed E-state index contributed by atoms with van der Waals surface area (Å²) in [7, 11) is 0. The fourth-order valence-corrected chi connectivity index (χ4v) is 5.77. The summed E-state index contributed by atoms with van der Waals surface area (Å²) in [5.74, 6) is 5.85. The second-order valence-corrected chi connectivity index (χ2v) is 11.6. The highest BCUT2D eigenvalue weighted by Gasteiger charge is 2.24. The fraction of sp³-hybridized carbons (Fsp3) is 0.171. The van der Waals surface area contributed by atoms with Crippen molar-refractivity contribution < 1.29 is 26.3 Å². The normalized spacial score (nSPS) is 11.4. The van der Waals surface area contributed by atoms with Crippen LogP contribution >= 0.6 is 0 Å². The van der Waals surface area contributed by atoms with E-state index in [0.717, 1.165) is 29.4 Å². The Hall–Kier alpha value is -5.20. The maximum atomic E-state index is 15.7. The highest BCUT2D eigenvalue weighted by molar-refractivity contribution is 5.93.